The van der Waals surface area contributed by atoms with Crippen molar-refractivity contribution < 1.29 is 4.57 Å². The van der Waals surface area contributed by atoms with Gasteiger partial charge in [-0.2, -0.15) is 0 Å². The van der Waals surface area contributed by atoms with Gasteiger partial charge in [0, 0.05) is 17.3 Å². The topological polar surface area (TPSA) is 74.4 Å². The van der Waals surface area contributed by atoms with Gasteiger partial charge in [-0.25, -0.2) is 14.5 Å². The molecule has 5 nitrogen and oxygen atoms in total. The van der Waals surface area contributed by atoms with Crippen molar-refractivity contribution in [3.8, 4) is 22.8 Å². The first-order valence-corrected chi connectivity index (χ1v) is 8.52. The maximum Gasteiger partial charge on any atom is 0.287 e. The first kappa shape index (κ1) is 14.7. The Labute approximate surface area is 150 Å². The molecular weight excluding hydrogens is 322 g/mol. The Hall–Kier alpha value is -3.60. The normalized spacial score (nSPS) is 11.4. The van der Waals surface area contributed by atoms with Crippen LogP contribution in [0, 0.1) is 0 Å². The minimum atomic E-state index is 0.756. The molecule has 5 heteroatoms. The van der Waals surface area contributed by atoms with Gasteiger partial charge in [-0.05, 0) is 36.4 Å². The fourth-order valence-electron chi connectivity index (χ4n) is 3.42. The molecule has 0 unspecified atom stereocenters. The number of aryl methyl sites for hydroxylation is 1. The Morgan fingerprint density at radius 1 is 0.846 bits per heavy atom. The van der Waals surface area contributed by atoms with Crippen LogP contribution in [0.2, 0.25) is 0 Å². The van der Waals surface area contributed by atoms with Gasteiger partial charge in [0.25, 0.3) is 5.82 Å². The Balaban J connectivity index is 1.56. The third-order valence-electron chi connectivity index (χ3n) is 4.79. The Morgan fingerprint density at radius 3 is 2.42 bits per heavy atom. The average Bonchev–Trinajstić information content (AvgIpc) is 3.23. The number of nitrogens with one attached hydrogen (secondary N) is 2. The van der Waals surface area contributed by atoms with Gasteiger partial charge in [-0.1, -0.05) is 24.3 Å². The van der Waals surface area contributed by atoms with Crippen LogP contribution in [-0.2, 0) is 7.05 Å². The zero-order chi connectivity index (χ0) is 17.7. The fourth-order valence-corrected chi connectivity index (χ4v) is 3.42. The van der Waals surface area contributed by atoms with Gasteiger partial charge in [-0.15, -0.1) is 0 Å². The van der Waals surface area contributed by atoms with Crippen LogP contribution in [0.1, 0.15) is 0 Å². The summed E-state index contributed by atoms with van der Waals surface area (Å²) in [6.07, 6.45) is 0. The first-order valence-electron chi connectivity index (χ1n) is 8.52. The molecule has 0 bridgehead atoms. The second-order valence-electron chi connectivity index (χ2n) is 6.49. The molecule has 5 rings (SSSR count). The van der Waals surface area contributed by atoms with Gasteiger partial charge < -0.3 is 10.7 Å². The minimum absolute atomic E-state index is 0.756. The summed E-state index contributed by atoms with van der Waals surface area (Å²) < 4.78 is 2.14. The smallest absolute Gasteiger partial charge is 0.287 e. The first-order chi connectivity index (χ1) is 12.7. The minimum Gasteiger partial charge on any atom is -0.399 e. The second-order valence-corrected chi connectivity index (χ2v) is 6.49. The number of anilines is 1. The van der Waals surface area contributed by atoms with Crippen LogP contribution in [0.3, 0.4) is 0 Å². The maximum absolute atomic E-state index is 5.90. The van der Waals surface area contributed by atoms with Crippen LogP contribution in [0.4, 0.5) is 5.69 Å². The molecule has 0 saturated heterocycles. The zero-order valence-electron chi connectivity index (χ0n) is 14.3. The predicted molar refractivity (Wildman–Crippen MR) is 104 cm³/mol. The lowest BCUT2D eigenvalue weighted by molar-refractivity contribution is -0.633. The van der Waals surface area contributed by atoms with Crippen LogP contribution in [0.15, 0.2) is 66.7 Å². The largest absolute Gasteiger partial charge is 0.399 e. The molecule has 3 aromatic carbocycles. The number of nitrogen functional groups attached to an aromatic ring is 1. The molecule has 0 radical (unpaired) electrons. The van der Waals surface area contributed by atoms with Gasteiger partial charge in [0.15, 0.2) is 11.0 Å². The van der Waals surface area contributed by atoms with Crippen molar-refractivity contribution >= 4 is 27.8 Å². The third-order valence-corrected chi connectivity index (χ3v) is 4.79. The van der Waals surface area contributed by atoms with E-state index in [1.165, 1.54) is 0 Å². The van der Waals surface area contributed by atoms with E-state index in [2.05, 4.69) is 50.8 Å². The van der Waals surface area contributed by atoms with E-state index in [0.717, 1.165) is 50.5 Å². The highest BCUT2D eigenvalue weighted by atomic mass is 15.1. The number of H-pyrrole nitrogens is 2. The molecule has 5 aromatic rings. The number of aromatic nitrogens is 4. The average molecular weight is 340 g/mol. The number of fused-ring (bicyclic) bond motifs is 2. The highest BCUT2D eigenvalue weighted by Crippen LogP contribution is 2.24. The van der Waals surface area contributed by atoms with Crippen molar-refractivity contribution in [2.45, 2.75) is 0 Å². The standard InChI is InChI=1S/C21H17N5/c1-26-19-11-10-15(22)12-18(19)25-21(26)14-8-6-13(7-9-14)20-23-16-4-2-3-5-17(16)24-20/h2-12H,22H2,1H3,(H,23,24,25)/p+1. The highest BCUT2D eigenvalue weighted by molar-refractivity contribution is 5.80. The summed E-state index contributed by atoms with van der Waals surface area (Å²) in [6.45, 7) is 0. The van der Waals surface area contributed by atoms with E-state index in [0.29, 0.717) is 0 Å². The molecule has 0 fully saturated rings. The molecule has 0 spiro atoms. The summed E-state index contributed by atoms with van der Waals surface area (Å²) in [5.41, 5.74) is 13.0. The number of para-hydroxylation sites is 2. The van der Waals surface area contributed by atoms with Crippen LogP contribution in [0.25, 0.3) is 44.8 Å². The summed E-state index contributed by atoms with van der Waals surface area (Å²) in [5.74, 6) is 1.92. The van der Waals surface area contributed by atoms with Gasteiger partial charge in [0.2, 0.25) is 0 Å². The van der Waals surface area contributed by atoms with E-state index in [-0.39, 0.29) is 0 Å². The lowest BCUT2D eigenvalue weighted by Crippen LogP contribution is -2.28. The molecule has 0 aliphatic carbocycles. The van der Waals surface area contributed by atoms with Gasteiger partial charge in [0.05, 0.1) is 23.6 Å². The van der Waals surface area contributed by atoms with E-state index in [1.807, 2.05) is 42.5 Å². The predicted octanol–water partition coefficient (Wildman–Crippen LogP) is 3.78. The summed E-state index contributed by atoms with van der Waals surface area (Å²) in [7, 11) is 2.05. The summed E-state index contributed by atoms with van der Waals surface area (Å²) >= 11 is 0. The number of benzene rings is 3. The van der Waals surface area contributed by atoms with E-state index >= 15 is 0 Å². The van der Waals surface area contributed by atoms with Crippen LogP contribution >= 0.6 is 0 Å². The molecule has 26 heavy (non-hydrogen) atoms. The number of nitrogens with two attached hydrogens (primary N) is 1. The number of hydrogen-bond acceptors (Lipinski definition) is 2. The van der Waals surface area contributed by atoms with Crippen LogP contribution < -0.4 is 10.3 Å². The number of nitrogens with zero attached hydrogens (tertiary/aromatic N) is 2. The quantitative estimate of drug-likeness (QED) is 0.338. The molecule has 2 heterocycles. The molecule has 126 valence electrons. The van der Waals surface area contributed by atoms with Crippen molar-refractivity contribution in [1.82, 2.24) is 15.0 Å². The molecule has 0 aliphatic rings. The number of hydrogen-bond donors (Lipinski definition) is 3. The number of imidazole rings is 2. The van der Waals surface area contributed by atoms with Gasteiger partial charge in [-0.3, -0.25) is 0 Å². The van der Waals surface area contributed by atoms with Gasteiger partial charge >= 0.3 is 0 Å². The summed E-state index contributed by atoms with van der Waals surface area (Å²) in [6, 6.07) is 22.4. The third kappa shape index (κ3) is 2.25. The SMILES string of the molecule is C[n+]1c(-c2ccc(-c3nc4ccccc4[nH]3)cc2)[nH]c2cc(N)ccc21. The van der Waals surface area contributed by atoms with Crippen molar-refractivity contribution in [2.24, 2.45) is 7.05 Å². The molecule has 4 N–H and O–H groups in total. The van der Waals surface area contributed by atoms with Crippen LogP contribution in [0.5, 0.6) is 0 Å². The van der Waals surface area contributed by atoms with E-state index < -0.39 is 0 Å². The van der Waals surface area contributed by atoms with Crippen molar-refractivity contribution in [3.63, 3.8) is 0 Å². The Bertz CT molecular complexity index is 1210. The summed E-state index contributed by atoms with van der Waals surface area (Å²) in [4.78, 5) is 11.5. The van der Waals surface area contributed by atoms with Crippen LogP contribution in [-0.4, -0.2) is 15.0 Å². The van der Waals surface area contributed by atoms with Crippen molar-refractivity contribution in [1.29, 1.82) is 0 Å². The molecule has 0 amide bonds. The maximum atomic E-state index is 5.90. The Kier molecular flexibility index (Phi) is 3.09. The van der Waals surface area contributed by atoms with E-state index in [1.54, 1.807) is 0 Å². The summed E-state index contributed by atoms with van der Waals surface area (Å²) in [5, 5.41) is 0. The highest BCUT2D eigenvalue weighted by Gasteiger charge is 2.17. The fraction of sp³-hybridized carbons (Fsp3) is 0.0476. The molecule has 0 atom stereocenters. The second kappa shape index (κ2) is 5.46. The Morgan fingerprint density at radius 2 is 1.62 bits per heavy atom. The number of rotatable bonds is 2. The zero-order valence-corrected chi connectivity index (χ0v) is 14.3. The molecule has 0 aliphatic heterocycles. The molecular formula is C21H18N5+. The van der Waals surface area contributed by atoms with Crippen molar-refractivity contribution in [3.05, 3.63) is 66.7 Å². The van der Waals surface area contributed by atoms with E-state index in [4.69, 9.17) is 5.73 Å². The van der Waals surface area contributed by atoms with E-state index in [9.17, 15) is 0 Å². The molecule has 0 saturated carbocycles. The van der Waals surface area contributed by atoms with Crippen molar-refractivity contribution in [2.75, 3.05) is 5.73 Å². The number of aromatic amines is 2. The molecule has 2 aromatic heterocycles. The van der Waals surface area contributed by atoms with Gasteiger partial charge in [0.1, 0.15) is 5.82 Å². The lowest BCUT2D eigenvalue weighted by atomic mass is 10.1. The monoisotopic (exact) mass is 340 g/mol. The lowest BCUT2D eigenvalue weighted by Gasteiger charge is -1.99.